The van der Waals surface area contributed by atoms with Crippen molar-refractivity contribution in [2.75, 3.05) is 5.32 Å². The van der Waals surface area contributed by atoms with Gasteiger partial charge in [0.15, 0.2) is 11.6 Å². The molecule has 0 fully saturated rings. The lowest BCUT2D eigenvalue weighted by atomic mass is 9.84. The lowest BCUT2D eigenvalue weighted by Crippen LogP contribution is -2.21. The van der Waals surface area contributed by atoms with Crippen LogP contribution >= 0.6 is 0 Å². The molecule has 0 aliphatic heterocycles. The Labute approximate surface area is 147 Å². The summed E-state index contributed by atoms with van der Waals surface area (Å²) in [4.78, 5) is 36.5. The molecule has 0 unspecified atom stereocenters. The molecule has 0 bridgehead atoms. The highest BCUT2D eigenvalue weighted by atomic mass is 16.2. The average Bonchev–Trinajstić information content (AvgIpc) is 2.61. The van der Waals surface area contributed by atoms with Gasteiger partial charge >= 0.3 is 0 Å². The number of carbonyl (C=O) groups is 3. The fraction of sp³-hybridized carbons (Fsp3) is 0.300. The van der Waals surface area contributed by atoms with Crippen molar-refractivity contribution >= 4 is 23.2 Å². The molecular formula is C20H20N2O3. The molecule has 0 spiro atoms. The fourth-order valence-corrected chi connectivity index (χ4v) is 2.78. The molecule has 0 atom stereocenters. The molecule has 25 heavy (non-hydrogen) atoms. The van der Waals surface area contributed by atoms with Crippen molar-refractivity contribution in [1.29, 1.82) is 5.26 Å². The van der Waals surface area contributed by atoms with Crippen molar-refractivity contribution < 1.29 is 14.4 Å². The zero-order valence-electron chi connectivity index (χ0n) is 14.6. The average molecular weight is 336 g/mol. The quantitative estimate of drug-likeness (QED) is 0.834. The van der Waals surface area contributed by atoms with Crippen LogP contribution in [0.15, 0.2) is 46.6 Å². The Morgan fingerprint density at radius 2 is 1.68 bits per heavy atom. The number of anilines is 1. The number of carbonyl (C=O) groups excluding carboxylic acids is 3. The number of nitrogens with zero attached hydrogens (tertiary/aromatic N) is 1. The highest BCUT2D eigenvalue weighted by Gasteiger charge is 2.27. The number of benzene rings is 1. The molecule has 1 aliphatic rings. The Balaban J connectivity index is 1.97. The number of ketones is 2. The zero-order chi connectivity index (χ0) is 18.6. The van der Waals surface area contributed by atoms with Gasteiger partial charge in [-0.3, -0.25) is 14.4 Å². The summed E-state index contributed by atoms with van der Waals surface area (Å²) in [6, 6.07) is 8.80. The fourth-order valence-electron chi connectivity index (χ4n) is 2.78. The van der Waals surface area contributed by atoms with Gasteiger partial charge in [-0.05, 0) is 45.7 Å². The van der Waals surface area contributed by atoms with Gasteiger partial charge in [0.25, 0.3) is 0 Å². The second kappa shape index (κ2) is 7.71. The molecule has 0 aromatic heterocycles. The van der Waals surface area contributed by atoms with Gasteiger partial charge in [0.1, 0.15) is 6.07 Å². The van der Waals surface area contributed by atoms with E-state index in [1.807, 2.05) is 6.07 Å². The molecule has 1 amide bonds. The number of para-hydroxylation sites is 1. The van der Waals surface area contributed by atoms with Crippen molar-refractivity contribution in [3.05, 3.63) is 52.1 Å². The Kier molecular flexibility index (Phi) is 5.66. The topological polar surface area (TPSA) is 87.0 Å². The number of Topliss-reactive ketones (excluding diaryl/α,β-unsaturated/α-hetero) is 2. The maximum atomic E-state index is 12.3. The largest absolute Gasteiger partial charge is 0.325 e. The van der Waals surface area contributed by atoms with Crippen molar-refractivity contribution in [3.63, 3.8) is 0 Å². The van der Waals surface area contributed by atoms with E-state index in [2.05, 4.69) is 5.32 Å². The van der Waals surface area contributed by atoms with Gasteiger partial charge in [0.05, 0.1) is 11.3 Å². The van der Waals surface area contributed by atoms with Crippen molar-refractivity contribution in [2.45, 2.75) is 40.0 Å². The maximum Gasteiger partial charge on any atom is 0.224 e. The highest BCUT2D eigenvalue weighted by molar-refractivity contribution is 6.24. The second-order valence-electron chi connectivity index (χ2n) is 6.07. The summed E-state index contributed by atoms with van der Waals surface area (Å²) in [5.74, 6) is -0.427. The molecule has 1 aromatic rings. The smallest absolute Gasteiger partial charge is 0.224 e. The number of hydrogen-bond acceptors (Lipinski definition) is 4. The number of amides is 1. The lowest BCUT2D eigenvalue weighted by Gasteiger charge is -2.18. The van der Waals surface area contributed by atoms with E-state index in [4.69, 9.17) is 5.26 Å². The number of nitrogens with one attached hydrogen (secondary N) is 1. The van der Waals surface area contributed by atoms with Gasteiger partial charge in [-0.2, -0.15) is 5.26 Å². The van der Waals surface area contributed by atoms with Gasteiger partial charge in [0, 0.05) is 28.7 Å². The molecule has 0 radical (unpaired) electrons. The van der Waals surface area contributed by atoms with E-state index in [9.17, 15) is 14.4 Å². The first-order valence-electron chi connectivity index (χ1n) is 8.12. The molecule has 0 heterocycles. The van der Waals surface area contributed by atoms with Gasteiger partial charge in [0.2, 0.25) is 5.91 Å². The van der Waals surface area contributed by atoms with Crippen LogP contribution in [0.25, 0.3) is 0 Å². The summed E-state index contributed by atoms with van der Waals surface area (Å²) in [5, 5.41) is 11.7. The van der Waals surface area contributed by atoms with Crippen molar-refractivity contribution in [3.8, 4) is 6.07 Å². The number of rotatable bonds is 5. The van der Waals surface area contributed by atoms with E-state index >= 15 is 0 Å². The van der Waals surface area contributed by atoms with Crippen molar-refractivity contribution in [2.24, 2.45) is 0 Å². The summed E-state index contributed by atoms with van der Waals surface area (Å²) in [6.45, 7) is 4.98. The third-order valence-electron chi connectivity index (χ3n) is 4.46. The predicted octanol–water partition coefficient (Wildman–Crippen LogP) is 3.47. The molecule has 2 rings (SSSR count). The van der Waals surface area contributed by atoms with Crippen LogP contribution in [0.5, 0.6) is 0 Å². The number of hydrogen-bond donors (Lipinski definition) is 1. The summed E-state index contributed by atoms with van der Waals surface area (Å²) in [6.07, 6.45) is 1.05. The molecule has 1 aromatic carbocycles. The zero-order valence-corrected chi connectivity index (χ0v) is 14.6. The first kappa shape index (κ1) is 18.3. The summed E-state index contributed by atoms with van der Waals surface area (Å²) >= 11 is 0. The van der Waals surface area contributed by atoms with E-state index in [0.29, 0.717) is 46.4 Å². The highest BCUT2D eigenvalue weighted by Crippen LogP contribution is 2.27. The summed E-state index contributed by atoms with van der Waals surface area (Å²) in [5.41, 5.74) is 2.83. The van der Waals surface area contributed by atoms with Gasteiger partial charge in [-0.25, -0.2) is 0 Å². The minimum Gasteiger partial charge on any atom is -0.325 e. The van der Waals surface area contributed by atoms with Crippen LogP contribution in [0.1, 0.15) is 45.6 Å². The number of allylic oxidation sites excluding steroid dienone is 4. The minimum absolute atomic E-state index is 0.0977. The Morgan fingerprint density at radius 3 is 2.36 bits per heavy atom. The van der Waals surface area contributed by atoms with Gasteiger partial charge in [-0.1, -0.05) is 12.1 Å². The van der Waals surface area contributed by atoms with E-state index in [1.54, 1.807) is 45.0 Å². The van der Waals surface area contributed by atoms with Crippen molar-refractivity contribution in [1.82, 2.24) is 0 Å². The van der Waals surface area contributed by atoms with E-state index in [-0.39, 0.29) is 23.9 Å². The van der Waals surface area contributed by atoms with Crippen LogP contribution in [0.3, 0.4) is 0 Å². The second-order valence-corrected chi connectivity index (χ2v) is 6.07. The minimum atomic E-state index is -0.223. The van der Waals surface area contributed by atoms with Crippen LogP contribution in [-0.4, -0.2) is 17.5 Å². The SMILES string of the molecule is CC1=C(C)C(=O)C(CCCC(=O)Nc2ccccc2C#N)=C(C)C1=O. The van der Waals surface area contributed by atoms with E-state index in [0.717, 1.165) is 0 Å². The Hall–Kier alpha value is -3.00. The standard InChI is InChI=1S/C20H20N2O3/c1-12-13(2)20(25)16(14(3)19(12)24)8-6-10-18(23)22-17-9-5-4-7-15(17)11-21/h4-5,7,9H,6,8,10H2,1-3H3,(H,22,23). The normalized spacial score (nSPS) is 14.6. The molecular weight excluding hydrogens is 316 g/mol. The molecule has 1 aliphatic carbocycles. The lowest BCUT2D eigenvalue weighted by molar-refractivity contribution is -0.117. The van der Waals surface area contributed by atoms with E-state index in [1.165, 1.54) is 0 Å². The number of nitriles is 1. The first-order chi connectivity index (χ1) is 11.9. The summed E-state index contributed by atoms with van der Waals surface area (Å²) < 4.78 is 0. The van der Waals surface area contributed by atoms with Crippen LogP contribution in [-0.2, 0) is 14.4 Å². The van der Waals surface area contributed by atoms with E-state index < -0.39 is 0 Å². The molecule has 5 nitrogen and oxygen atoms in total. The van der Waals surface area contributed by atoms with Crippen LogP contribution in [0.2, 0.25) is 0 Å². The molecule has 128 valence electrons. The molecule has 0 saturated heterocycles. The van der Waals surface area contributed by atoms with Crippen LogP contribution < -0.4 is 5.32 Å². The third kappa shape index (κ3) is 3.92. The molecule has 0 saturated carbocycles. The predicted molar refractivity (Wildman–Crippen MR) is 94.7 cm³/mol. The Morgan fingerprint density at radius 1 is 1.04 bits per heavy atom. The van der Waals surface area contributed by atoms with Gasteiger partial charge in [-0.15, -0.1) is 0 Å². The van der Waals surface area contributed by atoms with Crippen LogP contribution in [0, 0.1) is 11.3 Å². The summed E-state index contributed by atoms with van der Waals surface area (Å²) in [7, 11) is 0. The molecule has 1 N–H and O–H groups in total. The van der Waals surface area contributed by atoms with Gasteiger partial charge < -0.3 is 5.32 Å². The maximum absolute atomic E-state index is 12.3. The van der Waals surface area contributed by atoms with Crippen LogP contribution in [0.4, 0.5) is 5.69 Å². The third-order valence-corrected chi connectivity index (χ3v) is 4.46. The Bertz CT molecular complexity index is 854. The molecule has 5 heteroatoms. The first-order valence-corrected chi connectivity index (χ1v) is 8.12. The monoisotopic (exact) mass is 336 g/mol.